The van der Waals surface area contributed by atoms with Crippen LogP contribution >= 0.6 is 11.6 Å². The van der Waals surface area contributed by atoms with Crippen molar-refractivity contribution < 1.29 is 14.0 Å². The van der Waals surface area contributed by atoms with Gasteiger partial charge in [-0.05, 0) is 37.3 Å². The molecule has 0 saturated heterocycles. The molecule has 2 aromatic rings. The Morgan fingerprint density at radius 3 is 2.45 bits per heavy atom. The third-order valence-corrected chi connectivity index (χ3v) is 2.88. The Bertz CT molecular complexity index is 671. The van der Waals surface area contributed by atoms with Gasteiger partial charge in [-0.15, -0.1) is 0 Å². The van der Waals surface area contributed by atoms with Gasteiger partial charge in [0.2, 0.25) is 0 Å². The first-order chi connectivity index (χ1) is 9.47. The van der Waals surface area contributed by atoms with E-state index in [0.717, 1.165) is 6.07 Å². The third-order valence-electron chi connectivity index (χ3n) is 2.59. The molecule has 1 aromatic heterocycles. The van der Waals surface area contributed by atoms with E-state index < -0.39 is 11.7 Å². The first kappa shape index (κ1) is 14.1. The summed E-state index contributed by atoms with van der Waals surface area (Å²) in [6.45, 7) is 1.43. The molecule has 2 rings (SSSR count). The molecule has 0 fully saturated rings. The fraction of sp³-hybridized carbons (Fsp3) is 0.0714. The van der Waals surface area contributed by atoms with Crippen molar-refractivity contribution in [3.8, 4) is 0 Å². The Balaban J connectivity index is 2.14. The maximum atomic E-state index is 13.0. The first-order valence-electron chi connectivity index (χ1n) is 5.71. The number of carbonyl (C=O) groups is 2. The molecule has 6 heteroatoms. The minimum atomic E-state index is -0.591. The van der Waals surface area contributed by atoms with Crippen LogP contribution in [-0.2, 0) is 0 Å². The summed E-state index contributed by atoms with van der Waals surface area (Å²) in [6, 6.07) is 6.74. The van der Waals surface area contributed by atoms with Crippen LogP contribution in [0.3, 0.4) is 0 Å². The van der Waals surface area contributed by atoms with Crippen LogP contribution in [0.1, 0.15) is 27.6 Å². The second kappa shape index (κ2) is 5.79. The number of carbonyl (C=O) groups excluding carboxylic acids is 2. The van der Waals surface area contributed by atoms with Crippen LogP contribution in [0.5, 0.6) is 0 Å². The maximum Gasteiger partial charge on any atom is 0.256 e. The zero-order chi connectivity index (χ0) is 14.7. The number of pyridine rings is 1. The average Bonchev–Trinajstić information content (AvgIpc) is 2.42. The van der Waals surface area contributed by atoms with Crippen molar-refractivity contribution in [2.75, 3.05) is 5.32 Å². The highest BCUT2D eigenvalue weighted by molar-refractivity contribution is 6.31. The molecule has 0 unspecified atom stereocenters. The zero-order valence-corrected chi connectivity index (χ0v) is 11.2. The fourth-order valence-corrected chi connectivity index (χ4v) is 1.68. The molecule has 0 spiro atoms. The molecule has 102 valence electrons. The van der Waals surface area contributed by atoms with E-state index in [-0.39, 0.29) is 16.4 Å². The number of benzene rings is 1. The normalized spacial score (nSPS) is 10.2. The molecule has 0 aliphatic rings. The van der Waals surface area contributed by atoms with Crippen LogP contribution in [0.2, 0.25) is 5.02 Å². The number of rotatable bonds is 3. The minimum absolute atomic E-state index is 0.110. The second-order valence-electron chi connectivity index (χ2n) is 4.07. The van der Waals surface area contributed by atoms with Gasteiger partial charge in [0.05, 0.1) is 5.02 Å². The maximum absolute atomic E-state index is 13.0. The monoisotopic (exact) mass is 292 g/mol. The summed E-state index contributed by atoms with van der Waals surface area (Å²) < 4.78 is 13.0. The molecule has 0 radical (unpaired) electrons. The highest BCUT2D eigenvalue weighted by Gasteiger charge is 2.10. The lowest BCUT2D eigenvalue weighted by Gasteiger charge is -2.05. The summed E-state index contributed by atoms with van der Waals surface area (Å²) in [5, 5.41) is 2.40. The van der Waals surface area contributed by atoms with E-state index in [2.05, 4.69) is 10.3 Å². The van der Waals surface area contributed by atoms with Crippen LogP contribution < -0.4 is 5.32 Å². The van der Waals surface area contributed by atoms with Crippen LogP contribution in [0.25, 0.3) is 0 Å². The number of anilines is 1. The van der Waals surface area contributed by atoms with Crippen molar-refractivity contribution in [3.05, 3.63) is 58.5 Å². The molecule has 0 bridgehead atoms. The largest absolute Gasteiger partial charge is 0.307 e. The number of hydrogen-bond acceptors (Lipinski definition) is 3. The molecule has 1 aromatic carbocycles. The Labute approximate surface area is 119 Å². The van der Waals surface area contributed by atoms with Gasteiger partial charge in [0, 0.05) is 17.3 Å². The van der Waals surface area contributed by atoms with E-state index >= 15 is 0 Å². The van der Waals surface area contributed by atoms with Gasteiger partial charge >= 0.3 is 0 Å². The van der Waals surface area contributed by atoms with Gasteiger partial charge < -0.3 is 5.32 Å². The van der Waals surface area contributed by atoms with Gasteiger partial charge in [0.25, 0.3) is 5.91 Å². The van der Waals surface area contributed by atoms with Crippen LogP contribution in [-0.4, -0.2) is 16.7 Å². The van der Waals surface area contributed by atoms with E-state index in [4.69, 9.17) is 11.6 Å². The summed E-state index contributed by atoms with van der Waals surface area (Å²) >= 11 is 5.61. The van der Waals surface area contributed by atoms with Crippen molar-refractivity contribution in [1.29, 1.82) is 0 Å². The van der Waals surface area contributed by atoms with Crippen molar-refractivity contribution in [1.82, 2.24) is 4.98 Å². The Morgan fingerprint density at radius 1 is 1.20 bits per heavy atom. The first-order valence-corrected chi connectivity index (χ1v) is 6.08. The lowest BCUT2D eigenvalue weighted by Crippen LogP contribution is -2.13. The van der Waals surface area contributed by atoms with Crippen LogP contribution in [0.15, 0.2) is 36.5 Å². The summed E-state index contributed by atoms with van der Waals surface area (Å²) in [5.74, 6) is -0.872. The van der Waals surface area contributed by atoms with Gasteiger partial charge in [-0.3, -0.25) is 9.59 Å². The SMILES string of the molecule is CC(=O)c1ccc(NC(=O)c2ccc(F)c(Cl)c2)nc1. The van der Waals surface area contributed by atoms with Gasteiger partial charge in [0.1, 0.15) is 11.6 Å². The van der Waals surface area contributed by atoms with Gasteiger partial charge in [0.15, 0.2) is 5.78 Å². The quantitative estimate of drug-likeness (QED) is 0.883. The second-order valence-corrected chi connectivity index (χ2v) is 4.48. The number of halogens is 2. The predicted molar refractivity (Wildman–Crippen MR) is 73.6 cm³/mol. The minimum Gasteiger partial charge on any atom is -0.307 e. The number of aromatic nitrogens is 1. The highest BCUT2D eigenvalue weighted by Crippen LogP contribution is 2.17. The van der Waals surface area contributed by atoms with E-state index in [1.165, 1.54) is 31.3 Å². The number of Topliss-reactive ketones (excluding diaryl/α,β-unsaturated/α-hetero) is 1. The third kappa shape index (κ3) is 3.19. The van der Waals surface area contributed by atoms with E-state index in [0.29, 0.717) is 11.4 Å². The number of amides is 1. The molecular weight excluding hydrogens is 283 g/mol. The Kier molecular flexibility index (Phi) is 4.10. The zero-order valence-electron chi connectivity index (χ0n) is 10.5. The Hall–Kier alpha value is -2.27. The molecule has 20 heavy (non-hydrogen) atoms. The lowest BCUT2D eigenvalue weighted by atomic mass is 10.2. The summed E-state index contributed by atoms with van der Waals surface area (Å²) in [4.78, 5) is 26.9. The molecule has 1 heterocycles. The fourth-order valence-electron chi connectivity index (χ4n) is 1.50. The smallest absolute Gasteiger partial charge is 0.256 e. The summed E-state index contributed by atoms with van der Waals surface area (Å²) in [6.07, 6.45) is 1.37. The molecule has 0 atom stereocenters. The van der Waals surface area contributed by atoms with Crippen LogP contribution in [0.4, 0.5) is 10.2 Å². The molecular formula is C14H10ClFN2O2. The Morgan fingerprint density at radius 2 is 1.90 bits per heavy atom. The standard InChI is InChI=1S/C14H10ClFN2O2/c1-8(19)10-3-5-13(17-7-10)18-14(20)9-2-4-12(16)11(15)6-9/h2-7H,1H3,(H,17,18,20). The van der Waals surface area contributed by atoms with Gasteiger partial charge in [-0.2, -0.15) is 0 Å². The number of ketones is 1. The van der Waals surface area contributed by atoms with Gasteiger partial charge in [-0.25, -0.2) is 9.37 Å². The number of hydrogen-bond donors (Lipinski definition) is 1. The molecule has 1 N–H and O–H groups in total. The highest BCUT2D eigenvalue weighted by atomic mass is 35.5. The van der Waals surface area contributed by atoms with E-state index in [9.17, 15) is 14.0 Å². The number of nitrogens with zero attached hydrogens (tertiary/aromatic N) is 1. The number of nitrogens with one attached hydrogen (secondary N) is 1. The van der Waals surface area contributed by atoms with Crippen molar-refractivity contribution in [2.45, 2.75) is 6.92 Å². The summed E-state index contributed by atoms with van der Waals surface area (Å²) in [5.41, 5.74) is 0.668. The molecule has 1 amide bonds. The van der Waals surface area contributed by atoms with Crippen LogP contribution in [0, 0.1) is 5.82 Å². The van der Waals surface area contributed by atoms with E-state index in [1.807, 2.05) is 0 Å². The molecule has 0 aliphatic carbocycles. The topological polar surface area (TPSA) is 59.1 Å². The molecule has 0 saturated carbocycles. The predicted octanol–water partition coefficient (Wildman–Crippen LogP) is 3.33. The summed E-state index contributed by atoms with van der Waals surface area (Å²) in [7, 11) is 0. The van der Waals surface area contributed by atoms with Crippen molar-refractivity contribution in [3.63, 3.8) is 0 Å². The van der Waals surface area contributed by atoms with Gasteiger partial charge in [-0.1, -0.05) is 11.6 Å². The molecule has 0 aliphatic heterocycles. The molecule has 4 nitrogen and oxygen atoms in total. The van der Waals surface area contributed by atoms with Crippen molar-refractivity contribution >= 4 is 29.1 Å². The lowest BCUT2D eigenvalue weighted by molar-refractivity contribution is 0.101. The van der Waals surface area contributed by atoms with Crippen molar-refractivity contribution in [2.24, 2.45) is 0 Å². The average molecular weight is 293 g/mol. The van der Waals surface area contributed by atoms with E-state index in [1.54, 1.807) is 6.07 Å².